The zero-order chi connectivity index (χ0) is 23.2. The maximum absolute atomic E-state index is 13.7. The first-order valence-corrected chi connectivity index (χ1v) is 12.2. The Bertz CT molecular complexity index is 953. The minimum Gasteiger partial charge on any atom is -0.480 e. The minimum atomic E-state index is -0.870. The lowest BCUT2D eigenvalue weighted by molar-refractivity contribution is -0.140. The molecule has 33 heavy (non-hydrogen) atoms. The number of anilines is 2. The van der Waals surface area contributed by atoms with Crippen molar-refractivity contribution in [3.05, 3.63) is 59.7 Å². The van der Waals surface area contributed by atoms with Crippen molar-refractivity contribution in [1.29, 1.82) is 0 Å². The molecule has 176 valence electrons. The molecule has 1 aliphatic heterocycles. The largest absolute Gasteiger partial charge is 0.480 e. The van der Waals surface area contributed by atoms with Crippen LogP contribution in [0.2, 0.25) is 0 Å². The van der Waals surface area contributed by atoms with Gasteiger partial charge in [-0.15, -0.1) is 0 Å². The Morgan fingerprint density at radius 3 is 2.52 bits per heavy atom. The van der Waals surface area contributed by atoms with E-state index in [1.165, 1.54) is 32.1 Å². The van der Waals surface area contributed by atoms with E-state index >= 15 is 0 Å². The molecule has 2 aromatic rings. The lowest BCUT2D eigenvalue weighted by Gasteiger charge is -2.29. The SMILES string of the molecule is Nc1ccc(CN2C(=O)[C@H](N[C@@H](CCC3CCCCC3)C(=O)O)CCc3ccccc32)cc1. The third-order valence-corrected chi connectivity index (χ3v) is 7.16. The summed E-state index contributed by atoms with van der Waals surface area (Å²) in [6.45, 7) is 0.425. The second-order valence-corrected chi connectivity index (χ2v) is 9.52. The van der Waals surface area contributed by atoms with Gasteiger partial charge in [-0.05, 0) is 60.9 Å². The lowest BCUT2D eigenvalue weighted by atomic mass is 9.85. The molecule has 1 heterocycles. The van der Waals surface area contributed by atoms with Crippen LogP contribution in [0.4, 0.5) is 11.4 Å². The van der Waals surface area contributed by atoms with Crippen molar-refractivity contribution >= 4 is 23.3 Å². The number of hydrogen-bond donors (Lipinski definition) is 3. The number of nitrogens with two attached hydrogens (primary N) is 1. The summed E-state index contributed by atoms with van der Waals surface area (Å²) in [5.41, 5.74) is 9.51. The highest BCUT2D eigenvalue weighted by molar-refractivity contribution is 5.98. The van der Waals surface area contributed by atoms with Crippen LogP contribution in [0, 0.1) is 5.92 Å². The highest BCUT2D eigenvalue weighted by Crippen LogP contribution is 2.30. The summed E-state index contributed by atoms with van der Waals surface area (Å²) in [5, 5.41) is 13.1. The Kier molecular flexibility index (Phi) is 7.65. The average Bonchev–Trinajstić information content (AvgIpc) is 2.95. The molecule has 1 saturated carbocycles. The molecule has 0 bridgehead atoms. The van der Waals surface area contributed by atoms with Crippen LogP contribution in [-0.2, 0) is 22.6 Å². The highest BCUT2D eigenvalue weighted by atomic mass is 16.4. The number of para-hydroxylation sites is 1. The van der Waals surface area contributed by atoms with Crippen LogP contribution in [0.15, 0.2) is 48.5 Å². The number of amides is 1. The molecule has 1 amide bonds. The van der Waals surface area contributed by atoms with Crippen LogP contribution in [0.25, 0.3) is 0 Å². The summed E-state index contributed by atoms with van der Waals surface area (Å²) < 4.78 is 0. The number of hydrogen-bond acceptors (Lipinski definition) is 4. The number of carboxylic acids is 1. The minimum absolute atomic E-state index is 0.0688. The first-order chi connectivity index (χ1) is 16.0. The monoisotopic (exact) mass is 449 g/mol. The van der Waals surface area contributed by atoms with Gasteiger partial charge in [-0.2, -0.15) is 0 Å². The number of carbonyl (C=O) groups is 2. The molecular weight excluding hydrogens is 414 g/mol. The molecule has 2 aromatic carbocycles. The fraction of sp³-hybridized carbons (Fsp3) is 0.481. The summed E-state index contributed by atoms with van der Waals surface area (Å²) in [6.07, 6.45) is 8.95. The average molecular weight is 450 g/mol. The predicted molar refractivity (Wildman–Crippen MR) is 131 cm³/mol. The molecule has 0 spiro atoms. The van der Waals surface area contributed by atoms with Crippen LogP contribution in [0.3, 0.4) is 0 Å². The zero-order valence-electron chi connectivity index (χ0n) is 19.2. The van der Waals surface area contributed by atoms with E-state index in [4.69, 9.17) is 5.73 Å². The number of nitrogens with one attached hydrogen (secondary N) is 1. The second-order valence-electron chi connectivity index (χ2n) is 9.52. The number of nitrogen functional groups attached to an aromatic ring is 1. The van der Waals surface area contributed by atoms with E-state index in [9.17, 15) is 14.7 Å². The summed E-state index contributed by atoms with van der Waals surface area (Å²) in [4.78, 5) is 27.5. The summed E-state index contributed by atoms with van der Waals surface area (Å²) in [5.74, 6) is -0.329. The number of aliphatic carboxylic acids is 1. The topological polar surface area (TPSA) is 95.7 Å². The van der Waals surface area contributed by atoms with Gasteiger partial charge < -0.3 is 15.7 Å². The number of benzene rings is 2. The van der Waals surface area contributed by atoms with Gasteiger partial charge >= 0.3 is 5.97 Å². The molecule has 6 heteroatoms. The van der Waals surface area contributed by atoms with Crippen molar-refractivity contribution in [2.24, 2.45) is 5.92 Å². The number of carbonyl (C=O) groups excluding carboxylic acids is 1. The van der Waals surface area contributed by atoms with Gasteiger partial charge in [-0.3, -0.25) is 14.9 Å². The molecule has 1 aliphatic carbocycles. The summed E-state index contributed by atoms with van der Waals surface area (Å²) in [7, 11) is 0. The number of carboxylic acid groups (broad SMARTS) is 1. The first-order valence-electron chi connectivity index (χ1n) is 12.2. The van der Waals surface area contributed by atoms with E-state index in [1.54, 1.807) is 4.90 Å². The third kappa shape index (κ3) is 5.93. The quantitative estimate of drug-likeness (QED) is 0.515. The molecule has 4 N–H and O–H groups in total. The van der Waals surface area contributed by atoms with E-state index in [0.29, 0.717) is 31.0 Å². The molecule has 0 radical (unpaired) electrons. The van der Waals surface area contributed by atoms with E-state index < -0.39 is 18.1 Å². The van der Waals surface area contributed by atoms with Crippen LogP contribution in [-0.4, -0.2) is 29.1 Å². The van der Waals surface area contributed by atoms with E-state index in [1.807, 2.05) is 42.5 Å². The van der Waals surface area contributed by atoms with E-state index in [0.717, 1.165) is 29.7 Å². The lowest BCUT2D eigenvalue weighted by Crippen LogP contribution is -2.51. The van der Waals surface area contributed by atoms with Crippen LogP contribution in [0.5, 0.6) is 0 Å². The number of aryl methyl sites for hydroxylation is 1. The highest BCUT2D eigenvalue weighted by Gasteiger charge is 2.33. The van der Waals surface area contributed by atoms with Gasteiger partial charge in [-0.1, -0.05) is 62.4 Å². The van der Waals surface area contributed by atoms with Gasteiger partial charge in [0.15, 0.2) is 0 Å². The van der Waals surface area contributed by atoms with Crippen LogP contribution in [0.1, 0.15) is 62.5 Å². The number of nitrogens with zero attached hydrogens (tertiary/aromatic N) is 1. The van der Waals surface area contributed by atoms with Gasteiger partial charge in [0.2, 0.25) is 5.91 Å². The van der Waals surface area contributed by atoms with E-state index in [2.05, 4.69) is 11.4 Å². The molecule has 0 aromatic heterocycles. The molecule has 0 saturated heterocycles. The summed E-state index contributed by atoms with van der Waals surface area (Å²) in [6, 6.07) is 14.3. The van der Waals surface area contributed by atoms with E-state index in [-0.39, 0.29) is 5.91 Å². The maximum atomic E-state index is 13.7. The predicted octanol–water partition coefficient (Wildman–Crippen LogP) is 4.52. The van der Waals surface area contributed by atoms with Gasteiger partial charge in [0.1, 0.15) is 6.04 Å². The number of fused-ring (bicyclic) bond motifs is 1. The van der Waals surface area contributed by atoms with Crippen molar-refractivity contribution in [2.45, 2.75) is 76.4 Å². The van der Waals surface area contributed by atoms with Crippen LogP contribution >= 0.6 is 0 Å². The van der Waals surface area contributed by atoms with Crippen molar-refractivity contribution in [3.63, 3.8) is 0 Å². The smallest absolute Gasteiger partial charge is 0.320 e. The summed E-state index contributed by atoms with van der Waals surface area (Å²) >= 11 is 0. The first kappa shape index (κ1) is 23.3. The molecular formula is C27H35N3O3. The molecule has 0 unspecified atom stereocenters. The normalized spacial score (nSPS) is 20.2. The Balaban J connectivity index is 1.51. The second kappa shape index (κ2) is 10.8. The van der Waals surface area contributed by atoms with Crippen LogP contribution < -0.4 is 16.0 Å². The molecule has 2 aliphatic rings. The molecule has 4 rings (SSSR count). The Hall–Kier alpha value is -2.86. The molecule has 2 atom stereocenters. The Morgan fingerprint density at radius 2 is 1.79 bits per heavy atom. The van der Waals surface area contributed by atoms with Crippen molar-refractivity contribution in [1.82, 2.24) is 5.32 Å². The van der Waals surface area contributed by atoms with Crippen molar-refractivity contribution < 1.29 is 14.7 Å². The standard InChI is InChI=1S/C27H35N3O3/c28-22-14-10-20(11-15-22)18-30-25-9-5-4-8-21(25)13-17-23(26(30)31)29-24(27(32)33)16-12-19-6-2-1-3-7-19/h4-5,8-11,14-15,19,23-24,29H,1-3,6-7,12-13,16-18,28H2,(H,32,33)/t23-,24+/m1/s1. The number of rotatable bonds is 8. The fourth-order valence-corrected chi connectivity index (χ4v) is 5.24. The van der Waals surface area contributed by atoms with Gasteiger partial charge in [0.25, 0.3) is 0 Å². The maximum Gasteiger partial charge on any atom is 0.320 e. The fourth-order valence-electron chi connectivity index (χ4n) is 5.24. The molecule has 1 fully saturated rings. The van der Waals surface area contributed by atoms with Gasteiger partial charge in [0.05, 0.1) is 12.6 Å². The Labute approximate surface area is 196 Å². The zero-order valence-corrected chi connectivity index (χ0v) is 19.2. The Morgan fingerprint density at radius 1 is 1.06 bits per heavy atom. The third-order valence-electron chi connectivity index (χ3n) is 7.16. The molecule has 6 nitrogen and oxygen atoms in total. The van der Waals surface area contributed by atoms with Crippen molar-refractivity contribution in [3.8, 4) is 0 Å². The van der Waals surface area contributed by atoms with Gasteiger partial charge in [-0.25, -0.2) is 0 Å². The van der Waals surface area contributed by atoms with Gasteiger partial charge in [0, 0.05) is 11.4 Å². The van der Waals surface area contributed by atoms with Crippen molar-refractivity contribution in [2.75, 3.05) is 10.6 Å².